The van der Waals surface area contributed by atoms with E-state index in [1.807, 2.05) is 24.3 Å². The third kappa shape index (κ3) is 3.17. The number of halogens is 1. The number of non-ortho nitro benzene ring substituents is 1. The van der Waals surface area contributed by atoms with Crippen molar-refractivity contribution in [2.45, 2.75) is 6.04 Å². The van der Waals surface area contributed by atoms with Gasteiger partial charge in [-0.1, -0.05) is 28.1 Å². The number of aromatic nitrogens is 4. The number of nitrogens with one attached hydrogen (secondary N) is 1. The van der Waals surface area contributed by atoms with Crippen LogP contribution in [0.4, 0.5) is 5.69 Å². The van der Waals surface area contributed by atoms with Crippen LogP contribution in [0.5, 0.6) is 0 Å². The van der Waals surface area contributed by atoms with Crippen molar-refractivity contribution in [3.05, 3.63) is 74.5 Å². The maximum Gasteiger partial charge on any atom is 0.269 e. The minimum absolute atomic E-state index is 0.0427. The quantitative estimate of drug-likeness (QED) is 0.532. The molecule has 0 radical (unpaired) electrons. The molecule has 0 saturated heterocycles. The molecule has 1 heterocycles. The van der Waals surface area contributed by atoms with Gasteiger partial charge in [0.1, 0.15) is 0 Å². The van der Waals surface area contributed by atoms with Gasteiger partial charge in [0.05, 0.1) is 16.7 Å². The molecule has 122 valence electrons. The molecule has 0 aliphatic rings. The fourth-order valence-corrected chi connectivity index (χ4v) is 2.64. The summed E-state index contributed by atoms with van der Waals surface area (Å²) in [5.74, 6) is 0.591. The zero-order valence-electron chi connectivity index (χ0n) is 12.6. The third-order valence-corrected chi connectivity index (χ3v) is 4.08. The van der Waals surface area contributed by atoms with Crippen LogP contribution in [-0.4, -0.2) is 32.2 Å². The molecule has 0 spiro atoms. The summed E-state index contributed by atoms with van der Waals surface area (Å²) in [6.45, 7) is 0. The SMILES string of the molecule is CNC(c1ccc([N+](=O)[O-])cc1)c1nnnn1-c1ccc(Br)cc1. The number of nitro groups is 1. The molecule has 1 N–H and O–H groups in total. The normalized spacial score (nSPS) is 12.1. The number of rotatable bonds is 5. The van der Waals surface area contributed by atoms with Gasteiger partial charge in [-0.15, -0.1) is 5.10 Å². The number of nitro benzene ring substituents is 1. The van der Waals surface area contributed by atoms with E-state index in [4.69, 9.17) is 0 Å². The van der Waals surface area contributed by atoms with E-state index in [0.29, 0.717) is 5.82 Å². The molecule has 3 aromatic rings. The van der Waals surface area contributed by atoms with Gasteiger partial charge in [0.25, 0.3) is 5.69 Å². The summed E-state index contributed by atoms with van der Waals surface area (Å²) < 4.78 is 2.59. The molecule has 2 aromatic carbocycles. The summed E-state index contributed by atoms with van der Waals surface area (Å²) in [6.07, 6.45) is 0. The van der Waals surface area contributed by atoms with E-state index in [1.165, 1.54) is 12.1 Å². The molecule has 1 aromatic heterocycles. The zero-order chi connectivity index (χ0) is 17.1. The Bertz CT molecular complexity index is 847. The molecule has 8 nitrogen and oxygen atoms in total. The highest BCUT2D eigenvalue weighted by atomic mass is 79.9. The number of hydrogen-bond donors (Lipinski definition) is 1. The van der Waals surface area contributed by atoms with Gasteiger partial charge in [-0.05, 0) is 47.3 Å². The third-order valence-electron chi connectivity index (χ3n) is 3.55. The van der Waals surface area contributed by atoms with Gasteiger partial charge in [0.2, 0.25) is 0 Å². The molecule has 24 heavy (non-hydrogen) atoms. The fraction of sp³-hybridized carbons (Fsp3) is 0.133. The Balaban J connectivity index is 1.99. The van der Waals surface area contributed by atoms with Crippen LogP contribution in [0.1, 0.15) is 17.4 Å². The second kappa shape index (κ2) is 6.85. The van der Waals surface area contributed by atoms with Crippen LogP contribution in [-0.2, 0) is 0 Å². The lowest BCUT2D eigenvalue weighted by Crippen LogP contribution is -2.22. The highest BCUT2D eigenvalue weighted by Crippen LogP contribution is 2.24. The first-order valence-corrected chi connectivity index (χ1v) is 7.85. The Morgan fingerprint density at radius 3 is 2.42 bits per heavy atom. The highest BCUT2D eigenvalue weighted by Gasteiger charge is 2.21. The van der Waals surface area contributed by atoms with Gasteiger partial charge in [-0.25, -0.2) is 0 Å². The van der Waals surface area contributed by atoms with Gasteiger partial charge in [0.15, 0.2) is 5.82 Å². The van der Waals surface area contributed by atoms with Gasteiger partial charge in [-0.2, -0.15) is 4.68 Å². The molecule has 3 rings (SSSR count). The summed E-state index contributed by atoms with van der Waals surface area (Å²) in [4.78, 5) is 10.4. The van der Waals surface area contributed by atoms with Crippen LogP contribution in [0.25, 0.3) is 5.69 Å². The van der Waals surface area contributed by atoms with Crippen LogP contribution >= 0.6 is 15.9 Å². The Labute approximate surface area is 145 Å². The van der Waals surface area contributed by atoms with Crippen molar-refractivity contribution in [3.63, 3.8) is 0 Å². The smallest absolute Gasteiger partial charge is 0.269 e. The first-order chi connectivity index (χ1) is 11.6. The average Bonchev–Trinajstić information content (AvgIpc) is 3.06. The second-order valence-electron chi connectivity index (χ2n) is 5.00. The van der Waals surface area contributed by atoms with Crippen molar-refractivity contribution < 1.29 is 4.92 Å². The molecule has 0 amide bonds. The van der Waals surface area contributed by atoms with E-state index >= 15 is 0 Å². The lowest BCUT2D eigenvalue weighted by molar-refractivity contribution is -0.384. The average molecular weight is 389 g/mol. The van der Waals surface area contributed by atoms with Crippen LogP contribution in [0.2, 0.25) is 0 Å². The van der Waals surface area contributed by atoms with Crippen LogP contribution in [0.15, 0.2) is 53.0 Å². The lowest BCUT2D eigenvalue weighted by Gasteiger charge is -2.16. The lowest BCUT2D eigenvalue weighted by atomic mass is 10.1. The van der Waals surface area contributed by atoms with Crippen molar-refractivity contribution >= 4 is 21.6 Å². The summed E-state index contributed by atoms with van der Waals surface area (Å²) in [5.41, 5.74) is 1.69. The van der Waals surface area contributed by atoms with E-state index < -0.39 is 4.92 Å². The Kier molecular flexibility index (Phi) is 4.63. The van der Waals surface area contributed by atoms with E-state index in [9.17, 15) is 10.1 Å². The molecule has 0 aliphatic heterocycles. The molecule has 0 bridgehead atoms. The number of nitrogens with zero attached hydrogens (tertiary/aromatic N) is 5. The summed E-state index contributed by atoms with van der Waals surface area (Å²) in [7, 11) is 1.78. The van der Waals surface area contributed by atoms with Crippen LogP contribution in [0.3, 0.4) is 0 Å². The second-order valence-corrected chi connectivity index (χ2v) is 5.91. The predicted molar refractivity (Wildman–Crippen MR) is 90.9 cm³/mol. The molecule has 1 atom stereocenters. The van der Waals surface area contributed by atoms with E-state index in [1.54, 1.807) is 23.9 Å². The number of hydrogen-bond acceptors (Lipinski definition) is 6. The summed E-state index contributed by atoms with van der Waals surface area (Å²) in [6, 6.07) is 13.6. The van der Waals surface area contributed by atoms with Crippen LogP contribution < -0.4 is 5.32 Å². The zero-order valence-corrected chi connectivity index (χ0v) is 14.2. The number of benzene rings is 2. The van der Waals surface area contributed by atoms with E-state index in [0.717, 1.165) is 15.7 Å². The van der Waals surface area contributed by atoms with Gasteiger partial charge in [0, 0.05) is 16.6 Å². The predicted octanol–water partition coefficient (Wildman–Crippen LogP) is 2.64. The Morgan fingerprint density at radius 1 is 1.17 bits per heavy atom. The molecule has 0 fully saturated rings. The largest absolute Gasteiger partial charge is 0.307 e. The number of tetrazole rings is 1. The molecular weight excluding hydrogens is 376 g/mol. The monoisotopic (exact) mass is 388 g/mol. The van der Waals surface area contributed by atoms with Crippen molar-refractivity contribution in [1.29, 1.82) is 0 Å². The van der Waals surface area contributed by atoms with Crippen molar-refractivity contribution in [2.75, 3.05) is 7.05 Å². The summed E-state index contributed by atoms with van der Waals surface area (Å²) >= 11 is 3.40. The molecule has 1 unspecified atom stereocenters. The van der Waals surface area contributed by atoms with Crippen molar-refractivity contribution in [1.82, 2.24) is 25.5 Å². The van der Waals surface area contributed by atoms with Gasteiger partial charge >= 0.3 is 0 Å². The molecule has 0 aliphatic carbocycles. The minimum atomic E-state index is -0.427. The maximum absolute atomic E-state index is 10.8. The minimum Gasteiger partial charge on any atom is -0.307 e. The first kappa shape index (κ1) is 16.2. The van der Waals surface area contributed by atoms with Crippen molar-refractivity contribution in [2.24, 2.45) is 0 Å². The standard InChI is InChI=1S/C15H13BrN6O2/c1-17-14(10-2-6-13(7-3-10)22(23)24)15-18-19-20-21(15)12-8-4-11(16)5-9-12/h2-9,14,17H,1H3. The van der Waals surface area contributed by atoms with Crippen LogP contribution in [0, 0.1) is 10.1 Å². The summed E-state index contributed by atoms with van der Waals surface area (Å²) in [5, 5.41) is 25.9. The van der Waals surface area contributed by atoms with E-state index in [2.05, 4.69) is 36.8 Å². The topological polar surface area (TPSA) is 98.8 Å². The molecule has 9 heteroatoms. The van der Waals surface area contributed by atoms with Gasteiger partial charge < -0.3 is 5.32 Å². The highest BCUT2D eigenvalue weighted by molar-refractivity contribution is 9.10. The molecular formula is C15H13BrN6O2. The fourth-order valence-electron chi connectivity index (χ4n) is 2.37. The Hall–Kier alpha value is -2.65. The van der Waals surface area contributed by atoms with Crippen molar-refractivity contribution in [3.8, 4) is 5.69 Å². The van der Waals surface area contributed by atoms with E-state index in [-0.39, 0.29) is 11.7 Å². The maximum atomic E-state index is 10.8. The van der Waals surface area contributed by atoms with Gasteiger partial charge in [-0.3, -0.25) is 10.1 Å². The molecule has 0 saturated carbocycles. The first-order valence-electron chi connectivity index (χ1n) is 7.06. The Morgan fingerprint density at radius 2 is 1.83 bits per heavy atom.